The van der Waals surface area contributed by atoms with Gasteiger partial charge in [-0.05, 0) is 48.4 Å². The zero-order valence-electron chi connectivity index (χ0n) is 18.4. The number of benzene rings is 3. The van der Waals surface area contributed by atoms with E-state index in [1.165, 1.54) is 0 Å². The Bertz CT molecular complexity index is 1500. The first-order valence-electron chi connectivity index (χ1n) is 10.8. The van der Waals surface area contributed by atoms with Crippen molar-refractivity contribution in [3.05, 3.63) is 107 Å². The van der Waals surface area contributed by atoms with Crippen LogP contribution in [0.25, 0.3) is 16.7 Å². The number of hydrogen-bond acceptors (Lipinski definition) is 3. The number of nitrogens with one attached hydrogen (secondary N) is 1. The summed E-state index contributed by atoms with van der Waals surface area (Å²) < 4.78 is 39.3. The van der Waals surface area contributed by atoms with Gasteiger partial charge in [0.1, 0.15) is 5.76 Å². The molecule has 1 amide bonds. The van der Waals surface area contributed by atoms with E-state index >= 15 is 0 Å². The average molecular weight is 476 g/mol. The number of aryl methyl sites for hydroxylation is 1. The number of carbonyl (C=O) groups is 2. The van der Waals surface area contributed by atoms with Gasteiger partial charge < -0.3 is 10.1 Å². The molecule has 1 atom stereocenters. The second-order valence-electron chi connectivity index (χ2n) is 8.32. The number of aliphatic hydroxyl groups is 1. The van der Waals surface area contributed by atoms with Crippen LogP contribution in [0.2, 0.25) is 0 Å². The summed E-state index contributed by atoms with van der Waals surface area (Å²) >= 11 is 0. The monoisotopic (exact) mass is 476 g/mol. The lowest BCUT2D eigenvalue weighted by Gasteiger charge is -2.27. The number of alkyl halides is 3. The lowest BCUT2D eigenvalue weighted by molar-refractivity contribution is -0.137. The molecule has 0 saturated carbocycles. The van der Waals surface area contributed by atoms with Crippen molar-refractivity contribution in [2.75, 3.05) is 4.90 Å². The topological polar surface area (TPSA) is 73.4 Å². The minimum Gasteiger partial charge on any atom is -0.507 e. The predicted octanol–water partition coefficient (Wildman–Crippen LogP) is 6.12. The molecule has 4 aromatic rings. The van der Waals surface area contributed by atoms with E-state index in [0.29, 0.717) is 16.5 Å². The molecule has 1 fully saturated rings. The van der Waals surface area contributed by atoms with Gasteiger partial charge in [-0.2, -0.15) is 13.2 Å². The maximum atomic E-state index is 13.3. The highest BCUT2D eigenvalue weighted by molar-refractivity contribution is 6.51. The Morgan fingerprint density at radius 3 is 2.29 bits per heavy atom. The van der Waals surface area contributed by atoms with E-state index in [9.17, 15) is 27.9 Å². The van der Waals surface area contributed by atoms with E-state index in [-0.39, 0.29) is 17.0 Å². The second kappa shape index (κ2) is 8.16. The van der Waals surface area contributed by atoms with Crippen molar-refractivity contribution in [1.29, 1.82) is 0 Å². The van der Waals surface area contributed by atoms with Crippen LogP contribution in [0, 0.1) is 6.92 Å². The first-order chi connectivity index (χ1) is 16.7. The summed E-state index contributed by atoms with van der Waals surface area (Å²) in [5.41, 5.74) is 1.53. The van der Waals surface area contributed by atoms with Gasteiger partial charge in [0.05, 0.1) is 17.2 Å². The number of hydrogen-bond donors (Lipinski definition) is 2. The maximum Gasteiger partial charge on any atom is 0.416 e. The molecule has 0 spiro atoms. The highest BCUT2D eigenvalue weighted by Gasteiger charge is 2.47. The molecule has 0 bridgehead atoms. The third-order valence-electron chi connectivity index (χ3n) is 6.24. The van der Waals surface area contributed by atoms with Crippen LogP contribution in [0.15, 0.2) is 84.6 Å². The Kier molecular flexibility index (Phi) is 5.24. The van der Waals surface area contributed by atoms with Gasteiger partial charge >= 0.3 is 6.18 Å². The van der Waals surface area contributed by atoms with Gasteiger partial charge in [0.2, 0.25) is 0 Å². The fraction of sp³-hybridized carbons (Fsp3) is 0.111. The van der Waals surface area contributed by atoms with E-state index in [0.717, 1.165) is 40.2 Å². The van der Waals surface area contributed by atoms with Crippen molar-refractivity contribution in [3.8, 4) is 0 Å². The normalized spacial score (nSPS) is 17.9. The first kappa shape index (κ1) is 22.5. The first-order valence-corrected chi connectivity index (χ1v) is 10.8. The van der Waals surface area contributed by atoms with Crippen molar-refractivity contribution in [2.45, 2.75) is 19.1 Å². The van der Waals surface area contributed by atoms with Crippen LogP contribution in [0.4, 0.5) is 18.9 Å². The molecule has 8 heteroatoms. The number of H-pyrrole nitrogens is 1. The number of ketones is 1. The standard InChI is InChI=1S/C27H19F3N2O3/c1-15-6-2-3-7-18(15)23-22(24(33)20-14-31-21-9-5-4-8-19(20)21)25(34)26(35)32(23)17-12-10-16(11-13-17)27(28,29)30/h2-14,23,31,33H,1H3/b24-22+. The van der Waals surface area contributed by atoms with Crippen LogP contribution < -0.4 is 4.90 Å². The summed E-state index contributed by atoms with van der Waals surface area (Å²) in [5.74, 6) is -2.20. The number of anilines is 1. The van der Waals surface area contributed by atoms with Gasteiger partial charge in [0.25, 0.3) is 11.7 Å². The van der Waals surface area contributed by atoms with E-state index in [4.69, 9.17) is 0 Å². The molecule has 1 unspecified atom stereocenters. The molecule has 0 radical (unpaired) electrons. The number of aliphatic hydroxyl groups excluding tert-OH is 1. The van der Waals surface area contributed by atoms with Gasteiger partial charge in [-0.15, -0.1) is 0 Å². The molecule has 1 aliphatic rings. The molecule has 1 aliphatic heterocycles. The summed E-state index contributed by atoms with van der Waals surface area (Å²) in [6.45, 7) is 1.80. The highest BCUT2D eigenvalue weighted by Crippen LogP contribution is 2.44. The van der Waals surface area contributed by atoms with Crippen molar-refractivity contribution >= 4 is 34.0 Å². The number of fused-ring (bicyclic) bond motifs is 1. The van der Waals surface area contributed by atoms with Crippen LogP contribution in [-0.4, -0.2) is 21.8 Å². The SMILES string of the molecule is Cc1ccccc1C1/C(=C(\O)c2c[nH]c3ccccc23)C(=O)C(=O)N1c1ccc(C(F)(F)F)cc1. The maximum absolute atomic E-state index is 13.3. The Labute approximate surface area is 198 Å². The number of halogens is 3. The van der Waals surface area contributed by atoms with E-state index in [1.807, 2.05) is 12.1 Å². The Morgan fingerprint density at radius 1 is 0.943 bits per heavy atom. The fourth-order valence-corrected chi connectivity index (χ4v) is 4.51. The van der Waals surface area contributed by atoms with Crippen LogP contribution in [0.5, 0.6) is 0 Å². The van der Waals surface area contributed by atoms with Gasteiger partial charge in [-0.25, -0.2) is 0 Å². The molecular formula is C27H19F3N2O3. The lowest BCUT2D eigenvalue weighted by atomic mass is 9.92. The number of aromatic amines is 1. The minimum atomic E-state index is -4.54. The Balaban J connectivity index is 1.73. The fourth-order valence-electron chi connectivity index (χ4n) is 4.51. The van der Waals surface area contributed by atoms with E-state index < -0.39 is 29.5 Å². The Morgan fingerprint density at radius 2 is 1.60 bits per heavy atom. The highest BCUT2D eigenvalue weighted by atomic mass is 19.4. The molecule has 176 valence electrons. The number of aromatic nitrogens is 1. The van der Waals surface area contributed by atoms with Gasteiger partial charge in [-0.1, -0.05) is 42.5 Å². The van der Waals surface area contributed by atoms with Crippen molar-refractivity contribution in [3.63, 3.8) is 0 Å². The van der Waals surface area contributed by atoms with E-state index in [1.54, 1.807) is 49.5 Å². The van der Waals surface area contributed by atoms with Gasteiger partial charge in [0, 0.05) is 28.4 Å². The molecule has 5 nitrogen and oxygen atoms in total. The summed E-state index contributed by atoms with van der Waals surface area (Å²) in [6.07, 6.45) is -2.99. The number of Topliss-reactive ketones (excluding diaryl/α,β-unsaturated/α-hetero) is 1. The third kappa shape index (κ3) is 3.67. The third-order valence-corrected chi connectivity index (χ3v) is 6.24. The van der Waals surface area contributed by atoms with Crippen LogP contribution in [-0.2, 0) is 15.8 Å². The van der Waals surface area contributed by atoms with Gasteiger partial charge in [0.15, 0.2) is 0 Å². The number of nitrogens with zero attached hydrogens (tertiary/aromatic N) is 1. The molecule has 1 aromatic heterocycles. The molecule has 3 aromatic carbocycles. The minimum absolute atomic E-state index is 0.117. The summed E-state index contributed by atoms with van der Waals surface area (Å²) in [4.78, 5) is 30.7. The van der Waals surface area contributed by atoms with Crippen molar-refractivity contribution in [1.82, 2.24) is 4.98 Å². The van der Waals surface area contributed by atoms with E-state index in [2.05, 4.69) is 4.98 Å². The Hall–Kier alpha value is -4.33. The summed E-state index contributed by atoms with van der Waals surface area (Å²) in [7, 11) is 0. The van der Waals surface area contributed by atoms with Gasteiger partial charge in [-0.3, -0.25) is 14.5 Å². The summed E-state index contributed by atoms with van der Waals surface area (Å²) in [5, 5.41) is 12.0. The molecular weight excluding hydrogens is 457 g/mol. The summed E-state index contributed by atoms with van der Waals surface area (Å²) in [6, 6.07) is 17.3. The van der Waals surface area contributed by atoms with Crippen LogP contribution in [0.3, 0.4) is 0 Å². The molecule has 5 rings (SSSR count). The molecule has 2 N–H and O–H groups in total. The van der Waals surface area contributed by atoms with Crippen molar-refractivity contribution < 1.29 is 27.9 Å². The number of carbonyl (C=O) groups excluding carboxylic acids is 2. The zero-order valence-corrected chi connectivity index (χ0v) is 18.4. The largest absolute Gasteiger partial charge is 0.507 e. The smallest absolute Gasteiger partial charge is 0.416 e. The van der Waals surface area contributed by atoms with Crippen LogP contribution >= 0.6 is 0 Å². The number of para-hydroxylation sites is 1. The predicted molar refractivity (Wildman–Crippen MR) is 126 cm³/mol. The van der Waals surface area contributed by atoms with Crippen LogP contribution in [0.1, 0.15) is 28.3 Å². The number of rotatable bonds is 3. The molecule has 35 heavy (non-hydrogen) atoms. The molecule has 2 heterocycles. The molecule has 0 aliphatic carbocycles. The quantitative estimate of drug-likeness (QED) is 0.213. The number of amides is 1. The van der Waals surface area contributed by atoms with Crippen molar-refractivity contribution in [2.24, 2.45) is 0 Å². The molecule has 1 saturated heterocycles. The lowest BCUT2D eigenvalue weighted by Crippen LogP contribution is -2.29. The zero-order chi connectivity index (χ0) is 24.9. The second-order valence-corrected chi connectivity index (χ2v) is 8.32. The average Bonchev–Trinajstić information content (AvgIpc) is 3.38.